The van der Waals surface area contributed by atoms with Crippen molar-refractivity contribution in [2.24, 2.45) is 52.3 Å². The fraction of sp³-hybridized carbons (Fsp3) is 0.929. The highest BCUT2D eigenvalue weighted by atomic mass is 16.3. The first kappa shape index (κ1) is 21.9. The van der Waals surface area contributed by atoms with Crippen LogP contribution in [-0.2, 0) is 0 Å². The van der Waals surface area contributed by atoms with Crippen LogP contribution in [0.15, 0.2) is 11.6 Å². The Morgan fingerprint density at radius 2 is 1.62 bits per heavy atom. The van der Waals surface area contributed by atoms with E-state index >= 15 is 0 Å². The first-order valence-electron chi connectivity index (χ1n) is 13.0. The van der Waals surface area contributed by atoms with Gasteiger partial charge in [-0.3, -0.25) is 0 Å². The fourth-order valence-corrected chi connectivity index (χ4v) is 8.53. The maximum Gasteiger partial charge on any atom is 0.0543 e. The molecular weight excluding hydrogens is 352 g/mol. The SMILES string of the molecule is CC(C)[C@@H](C)CC[C@@H](C)[C@@H]1CC[C@@H]2C3=CC[C@H]4C[C@H](O)CC[C@]4(C)[C@H]3CC[C@]21C. The van der Waals surface area contributed by atoms with Gasteiger partial charge in [-0.1, -0.05) is 66.0 Å². The molecule has 0 aliphatic heterocycles. The predicted octanol–water partition coefficient (Wildman–Crippen LogP) is 7.63. The van der Waals surface area contributed by atoms with Crippen molar-refractivity contribution in [2.45, 2.75) is 112 Å². The smallest absolute Gasteiger partial charge is 0.0543 e. The molecule has 4 aliphatic rings. The van der Waals surface area contributed by atoms with Crippen molar-refractivity contribution in [2.75, 3.05) is 0 Å². The van der Waals surface area contributed by atoms with Crippen LogP contribution < -0.4 is 0 Å². The number of rotatable bonds is 5. The summed E-state index contributed by atoms with van der Waals surface area (Å²) in [6, 6.07) is 0. The number of allylic oxidation sites excluding steroid dienone is 2. The van der Waals surface area contributed by atoms with Crippen molar-refractivity contribution in [3.05, 3.63) is 11.6 Å². The van der Waals surface area contributed by atoms with Crippen LogP contribution in [-0.4, -0.2) is 11.2 Å². The Balaban J connectivity index is 1.50. The molecule has 3 fully saturated rings. The number of hydrogen-bond donors (Lipinski definition) is 1. The van der Waals surface area contributed by atoms with Gasteiger partial charge in [-0.2, -0.15) is 0 Å². The average Bonchev–Trinajstić information content (AvgIpc) is 3.03. The molecule has 1 N–H and O–H groups in total. The topological polar surface area (TPSA) is 20.2 Å². The van der Waals surface area contributed by atoms with Crippen LogP contribution in [0.1, 0.15) is 106 Å². The average molecular weight is 401 g/mol. The Morgan fingerprint density at radius 3 is 2.34 bits per heavy atom. The van der Waals surface area contributed by atoms with Crippen LogP contribution in [0.4, 0.5) is 0 Å². The van der Waals surface area contributed by atoms with Crippen molar-refractivity contribution in [3.8, 4) is 0 Å². The number of fused-ring (bicyclic) bond motifs is 5. The van der Waals surface area contributed by atoms with E-state index in [2.05, 4.69) is 47.6 Å². The lowest BCUT2D eigenvalue weighted by atomic mass is 9.47. The highest BCUT2D eigenvalue weighted by Crippen LogP contribution is 2.67. The molecular formula is C28H48O. The molecule has 0 aromatic carbocycles. The van der Waals surface area contributed by atoms with E-state index in [1.54, 1.807) is 0 Å². The summed E-state index contributed by atoms with van der Waals surface area (Å²) in [5.74, 6) is 5.85. The van der Waals surface area contributed by atoms with E-state index in [0.717, 1.165) is 54.3 Å². The summed E-state index contributed by atoms with van der Waals surface area (Å²) in [7, 11) is 0. The van der Waals surface area contributed by atoms with Crippen molar-refractivity contribution < 1.29 is 5.11 Å². The van der Waals surface area contributed by atoms with Crippen LogP contribution in [0, 0.1) is 52.3 Å². The normalized spacial score (nSPS) is 46.5. The molecule has 0 unspecified atom stereocenters. The third kappa shape index (κ3) is 3.66. The summed E-state index contributed by atoms with van der Waals surface area (Å²) < 4.78 is 0. The summed E-state index contributed by atoms with van der Waals surface area (Å²) in [5, 5.41) is 10.2. The summed E-state index contributed by atoms with van der Waals surface area (Å²) in [4.78, 5) is 0. The number of aliphatic hydroxyl groups excluding tert-OH is 1. The van der Waals surface area contributed by atoms with Gasteiger partial charge in [-0.05, 0) is 104 Å². The van der Waals surface area contributed by atoms with E-state index in [9.17, 15) is 5.11 Å². The lowest BCUT2D eigenvalue weighted by Gasteiger charge is -2.57. The molecule has 29 heavy (non-hydrogen) atoms. The van der Waals surface area contributed by atoms with Gasteiger partial charge in [-0.25, -0.2) is 0 Å². The molecule has 4 rings (SSSR count). The van der Waals surface area contributed by atoms with E-state index in [4.69, 9.17) is 0 Å². The summed E-state index contributed by atoms with van der Waals surface area (Å²) in [6.45, 7) is 15.1. The van der Waals surface area contributed by atoms with Crippen molar-refractivity contribution in [1.29, 1.82) is 0 Å². The van der Waals surface area contributed by atoms with Gasteiger partial charge < -0.3 is 5.11 Å². The summed E-state index contributed by atoms with van der Waals surface area (Å²) in [5.41, 5.74) is 2.88. The number of aliphatic hydroxyl groups is 1. The minimum atomic E-state index is -0.0400. The zero-order chi connectivity index (χ0) is 21.0. The quantitative estimate of drug-likeness (QED) is 0.470. The van der Waals surface area contributed by atoms with E-state index in [0.29, 0.717) is 10.8 Å². The zero-order valence-corrected chi connectivity index (χ0v) is 20.2. The Kier molecular flexibility index (Phi) is 6.04. The molecule has 166 valence electrons. The molecule has 3 saturated carbocycles. The van der Waals surface area contributed by atoms with Gasteiger partial charge >= 0.3 is 0 Å². The highest BCUT2D eigenvalue weighted by molar-refractivity contribution is 5.27. The molecule has 0 saturated heterocycles. The molecule has 1 nitrogen and oxygen atoms in total. The van der Waals surface area contributed by atoms with Crippen LogP contribution >= 0.6 is 0 Å². The van der Waals surface area contributed by atoms with Gasteiger partial charge in [0.2, 0.25) is 0 Å². The van der Waals surface area contributed by atoms with Crippen LogP contribution in [0.25, 0.3) is 0 Å². The van der Waals surface area contributed by atoms with E-state index < -0.39 is 0 Å². The third-order valence-corrected chi connectivity index (χ3v) is 11.0. The first-order valence-corrected chi connectivity index (χ1v) is 13.0. The lowest BCUT2D eigenvalue weighted by molar-refractivity contribution is -0.0428. The van der Waals surface area contributed by atoms with Gasteiger partial charge in [0.1, 0.15) is 0 Å². The third-order valence-electron chi connectivity index (χ3n) is 11.0. The van der Waals surface area contributed by atoms with Gasteiger partial charge in [-0.15, -0.1) is 0 Å². The molecule has 1 heteroatoms. The highest BCUT2D eigenvalue weighted by Gasteiger charge is 2.58. The molecule has 0 amide bonds. The molecule has 0 aromatic heterocycles. The fourth-order valence-electron chi connectivity index (χ4n) is 8.53. The van der Waals surface area contributed by atoms with Gasteiger partial charge in [0.05, 0.1) is 6.10 Å². The van der Waals surface area contributed by atoms with E-state index in [1.165, 1.54) is 51.4 Å². The second-order valence-corrected chi connectivity index (χ2v) is 12.7. The van der Waals surface area contributed by atoms with Crippen molar-refractivity contribution in [1.82, 2.24) is 0 Å². The Morgan fingerprint density at radius 1 is 0.931 bits per heavy atom. The number of hydrogen-bond acceptors (Lipinski definition) is 1. The maximum absolute atomic E-state index is 10.2. The predicted molar refractivity (Wildman–Crippen MR) is 124 cm³/mol. The molecule has 0 bridgehead atoms. The molecule has 0 radical (unpaired) electrons. The van der Waals surface area contributed by atoms with E-state index in [1.807, 2.05) is 5.57 Å². The monoisotopic (exact) mass is 400 g/mol. The minimum absolute atomic E-state index is 0.0400. The molecule has 0 spiro atoms. The van der Waals surface area contributed by atoms with E-state index in [-0.39, 0.29) is 6.10 Å². The lowest BCUT2D eigenvalue weighted by Crippen LogP contribution is -2.49. The first-order chi connectivity index (χ1) is 13.7. The summed E-state index contributed by atoms with van der Waals surface area (Å²) >= 11 is 0. The van der Waals surface area contributed by atoms with Gasteiger partial charge in [0, 0.05) is 0 Å². The van der Waals surface area contributed by atoms with Crippen LogP contribution in [0.3, 0.4) is 0 Å². The largest absolute Gasteiger partial charge is 0.393 e. The molecule has 9 atom stereocenters. The Bertz CT molecular complexity index is 620. The minimum Gasteiger partial charge on any atom is -0.393 e. The molecule has 0 aromatic rings. The maximum atomic E-state index is 10.2. The second-order valence-electron chi connectivity index (χ2n) is 12.7. The molecule has 0 heterocycles. The van der Waals surface area contributed by atoms with Gasteiger partial charge in [0.25, 0.3) is 0 Å². The molecule has 4 aliphatic carbocycles. The van der Waals surface area contributed by atoms with Crippen LogP contribution in [0.5, 0.6) is 0 Å². The zero-order valence-electron chi connectivity index (χ0n) is 20.2. The summed E-state index contributed by atoms with van der Waals surface area (Å²) in [6.07, 6.45) is 15.8. The Hall–Kier alpha value is -0.300. The second kappa shape index (κ2) is 7.99. The van der Waals surface area contributed by atoms with Gasteiger partial charge in [0.15, 0.2) is 0 Å². The standard InChI is InChI=1S/C28H48O/c1-18(2)19(3)7-8-20(4)24-11-12-25-23-10-9-21-17-22(29)13-15-27(21,5)26(23)14-16-28(24,25)6/h10,18-22,24-26,29H,7-9,11-17H2,1-6H3/t19-,20+,21-,22+,24-,25+,26-,27-,28-/m0/s1. The van der Waals surface area contributed by atoms with Crippen molar-refractivity contribution >= 4 is 0 Å². The Labute approximate surface area is 181 Å². The van der Waals surface area contributed by atoms with Crippen molar-refractivity contribution in [3.63, 3.8) is 0 Å². The van der Waals surface area contributed by atoms with Crippen LogP contribution in [0.2, 0.25) is 0 Å².